The average molecular weight is 496 g/mol. The number of aromatic nitrogens is 1. The Kier molecular flexibility index (Phi) is 6.03. The van der Waals surface area contributed by atoms with E-state index in [2.05, 4.69) is 4.90 Å². The van der Waals surface area contributed by atoms with Crippen LogP contribution in [0.4, 0.5) is 10.5 Å². The first-order valence-electron chi connectivity index (χ1n) is 12.0. The number of hydrogen-bond acceptors (Lipinski definition) is 7. The van der Waals surface area contributed by atoms with E-state index in [0.717, 1.165) is 21.9 Å². The Morgan fingerprint density at radius 3 is 2.28 bits per heavy atom. The van der Waals surface area contributed by atoms with E-state index in [1.165, 1.54) is 26.2 Å². The van der Waals surface area contributed by atoms with Gasteiger partial charge in [0.15, 0.2) is 5.69 Å². The number of amides is 4. The number of piperidine rings is 1. The van der Waals surface area contributed by atoms with Gasteiger partial charge in [-0.05, 0) is 30.4 Å². The summed E-state index contributed by atoms with van der Waals surface area (Å²) in [6.07, 6.45) is 0.970. The Morgan fingerprint density at radius 1 is 0.972 bits per heavy atom. The third kappa shape index (κ3) is 3.94. The van der Waals surface area contributed by atoms with Crippen molar-refractivity contribution in [2.75, 3.05) is 33.7 Å². The number of nitrogens with one attached hydrogen (secondary N) is 1. The molecule has 3 unspecified atom stereocenters. The molecular formula is C25H29N5O6. The van der Waals surface area contributed by atoms with Gasteiger partial charge in [-0.2, -0.15) is 5.23 Å². The summed E-state index contributed by atoms with van der Waals surface area (Å²) in [5.74, 6) is -0.825. The smallest absolute Gasteiger partial charge is 0.332 e. The normalized spacial score (nSPS) is 24.6. The number of hydrogen-bond donors (Lipinski definition) is 2. The largest absolute Gasteiger partial charge is 0.595 e. The molecule has 2 fully saturated rings. The predicted octanol–water partition coefficient (Wildman–Crippen LogP) is -0.0497. The number of barbiturate groups is 1. The summed E-state index contributed by atoms with van der Waals surface area (Å²) < 4.78 is 1.83. The maximum atomic E-state index is 13.6. The fraction of sp³-hybridized carbons (Fsp3) is 0.440. The lowest BCUT2D eigenvalue weighted by Crippen LogP contribution is -2.99. The summed E-state index contributed by atoms with van der Waals surface area (Å²) in [5, 5.41) is 19.4. The highest BCUT2D eigenvalue weighted by atomic mass is 16.8. The van der Waals surface area contributed by atoms with Gasteiger partial charge < -0.3 is 14.7 Å². The highest BCUT2D eigenvalue weighted by molar-refractivity contribution is 6.19. The van der Waals surface area contributed by atoms with Gasteiger partial charge in [0.05, 0.1) is 0 Å². The molecule has 4 amide bonds. The zero-order chi connectivity index (χ0) is 25.8. The second-order valence-electron chi connectivity index (χ2n) is 10.2. The van der Waals surface area contributed by atoms with E-state index in [1.807, 2.05) is 10.6 Å². The molecule has 36 heavy (non-hydrogen) atoms. The molecule has 11 nitrogen and oxygen atoms in total. The molecule has 3 atom stereocenters. The number of imide groups is 2. The van der Waals surface area contributed by atoms with Crippen molar-refractivity contribution in [3.05, 3.63) is 69.3 Å². The van der Waals surface area contributed by atoms with Crippen molar-refractivity contribution in [2.24, 2.45) is 11.3 Å². The van der Waals surface area contributed by atoms with Gasteiger partial charge in [-0.3, -0.25) is 24.2 Å². The average Bonchev–Trinajstić information content (AvgIpc) is 2.86. The molecule has 0 spiro atoms. The Morgan fingerprint density at radius 2 is 1.64 bits per heavy atom. The van der Waals surface area contributed by atoms with Crippen LogP contribution in [0.15, 0.2) is 47.3 Å². The quantitative estimate of drug-likeness (QED) is 0.439. The third-order valence-corrected chi connectivity index (χ3v) is 7.76. The fourth-order valence-electron chi connectivity index (χ4n) is 6.09. The van der Waals surface area contributed by atoms with Crippen LogP contribution in [0.3, 0.4) is 0 Å². The number of quaternary nitrogens is 1. The van der Waals surface area contributed by atoms with E-state index >= 15 is 0 Å². The zero-order valence-electron chi connectivity index (χ0n) is 20.2. The van der Waals surface area contributed by atoms with Crippen molar-refractivity contribution in [3.8, 4) is 0 Å². The molecule has 2 saturated heterocycles. The summed E-state index contributed by atoms with van der Waals surface area (Å²) in [4.78, 5) is 56.3. The summed E-state index contributed by atoms with van der Waals surface area (Å²) in [7, 11) is 2.76. The van der Waals surface area contributed by atoms with Crippen LogP contribution in [0.5, 0.6) is 0 Å². The monoisotopic (exact) mass is 495 g/mol. The number of pyridine rings is 1. The van der Waals surface area contributed by atoms with Crippen molar-refractivity contribution in [3.63, 3.8) is 0 Å². The van der Waals surface area contributed by atoms with Crippen LogP contribution in [-0.4, -0.2) is 76.0 Å². The Hall–Kier alpha value is -3.38. The molecule has 1 aromatic carbocycles. The first-order chi connectivity index (χ1) is 17.1. The summed E-state index contributed by atoms with van der Waals surface area (Å²) in [5.41, 5.74) is 0.150. The first-order valence-corrected chi connectivity index (χ1v) is 12.0. The molecule has 0 radical (unpaired) electrons. The number of benzene rings is 1. The number of carbonyl (C=O) groups excluding carboxylic acids is 3. The van der Waals surface area contributed by atoms with E-state index in [9.17, 15) is 29.6 Å². The van der Waals surface area contributed by atoms with E-state index in [-0.39, 0.29) is 36.0 Å². The van der Waals surface area contributed by atoms with Gasteiger partial charge in [0.25, 0.3) is 5.56 Å². The number of likely N-dealkylation sites (tertiary alicyclic amines) is 1. The van der Waals surface area contributed by atoms with Crippen LogP contribution < -0.4 is 10.8 Å². The molecule has 4 heterocycles. The number of rotatable bonds is 5. The minimum absolute atomic E-state index is 0.0173. The lowest BCUT2D eigenvalue weighted by Gasteiger charge is -2.48. The van der Waals surface area contributed by atoms with E-state index < -0.39 is 28.5 Å². The minimum Gasteiger partial charge on any atom is -0.595 e. The Bertz CT molecular complexity index is 1250. The molecule has 11 heteroatoms. The first kappa shape index (κ1) is 24.3. The van der Waals surface area contributed by atoms with Gasteiger partial charge >= 0.3 is 6.03 Å². The lowest BCUT2D eigenvalue weighted by atomic mass is 9.75. The Balaban J connectivity index is 1.49. The predicted molar refractivity (Wildman–Crippen MR) is 127 cm³/mol. The highest BCUT2D eigenvalue weighted by Crippen LogP contribution is 2.39. The van der Waals surface area contributed by atoms with E-state index in [1.54, 1.807) is 24.3 Å². The summed E-state index contributed by atoms with van der Waals surface area (Å²) >= 11 is 0. The maximum Gasteiger partial charge on any atom is 0.332 e. The van der Waals surface area contributed by atoms with Crippen LogP contribution in [0, 0.1) is 16.5 Å². The van der Waals surface area contributed by atoms with Crippen molar-refractivity contribution in [1.82, 2.24) is 19.3 Å². The van der Waals surface area contributed by atoms with Crippen LogP contribution in [-0.2, 0) is 22.6 Å². The van der Waals surface area contributed by atoms with Gasteiger partial charge in [-0.25, -0.2) is 10.0 Å². The van der Waals surface area contributed by atoms with E-state index in [0.29, 0.717) is 25.2 Å². The van der Waals surface area contributed by atoms with Crippen LogP contribution in [0.25, 0.3) is 0 Å². The van der Waals surface area contributed by atoms with Crippen LogP contribution in [0.1, 0.15) is 23.6 Å². The topological polar surface area (TPSA) is 131 Å². The summed E-state index contributed by atoms with van der Waals surface area (Å²) in [6.45, 7) is 1.92. The van der Waals surface area contributed by atoms with Gasteiger partial charge in [-0.15, -0.1) is 0 Å². The highest BCUT2D eigenvalue weighted by Gasteiger charge is 2.56. The molecule has 5 rings (SSSR count). The number of nitrogens with zero attached hydrogens (tertiary/aromatic N) is 4. The lowest BCUT2D eigenvalue weighted by molar-refractivity contribution is -0.991. The van der Waals surface area contributed by atoms with Crippen molar-refractivity contribution < 1.29 is 24.8 Å². The second kappa shape index (κ2) is 8.93. The number of urea groups is 1. The number of carbonyl (C=O) groups is 3. The van der Waals surface area contributed by atoms with Gasteiger partial charge in [-0.1, -0.05) is 18.2 Å². The zero-order valence-corrected chi connectivity index (χ0v) is 20.2. The molecule has 3 aliphatic rings. The molecule has 190 valence electrons. The minimum atomic E-state index is -1.54. The van der Waals surface area contributed by atoms with Crippen molar-refractivity contribution in [1.29, 1.82) is 0 Å². The fourth-order valence-corrected chi connectivity index (χ4v) is 6.09. The summed E-state index contributed by atoms with van der Waals surface area (Å²) in [6, 6.07) is 10.7. The molecule has 2 aromatic rings. The van der Waals surface area contributed by atoms with Gasteiger partial charge in [0, 0.05) is 70.1 Å². The standard InChI is InChI=1S/C25H29N5O6/c1-26-22(32)25(23(33)27(2)24(26)34,11-16-6-8-19(9-7-16)30(35)36)15-28-12-17-10-18(14-28)20-4-3-5-21(31)29(20)13-17/h3-9,17-18,30,35H,10-15H2,1-2H3. The molecular weight excluding hydrogens is 466 g/mol. The Labute approximate surface area is 207 Å². The van der Waals surface area contributed by atoms with Crippen molar-refractivity contribution >= 4 is 23.5 Å². The maximum absolute atomic E-state index is 13.6. The molecule has 0 aliphatic carbocycles. The molecule has 2 bridgehead atoms. The van der Waals surface area contributed by atoms with Crippen LogP contribution in [0.2, 0.25) is 0 Å². The molecule has 1 aromatic heterocycles. The molecule has 2 N–H and O–H groups in total. The van der Waals surface area contributed by atoms with Gasteiger partial charge in [0.2, 0.25) is 11.8 Å². The molecule has 0 saturated carbocycles. The molecule has 3 aliphatic heterocycles. The van der Waals surface area contributed by atoms with Gasteiger partial charge in [0.1, 0.15) is 5.41 Å². The SMILES string of the molecule is CN1C(=O)N(C)C(=O)C(Cc2ccc([NH+]([O-])O)cc2)(CN2CC3CC(C2)c2cccc(=O)n2C3)C1=O. The van der Waals surface area contributed by atoms with Crippen molar-refractivity contribution in [2.45, 2.75) is 25.3 Å². The third-order valence-electron chi connectivity index (χ3n) is 7.76. The number of fused-ring (bicyclic) bond motifs is 4. The van der Waals surface area contributed by atoms with E-state index in [4.69, 9.17) is 0 Å². The van der Waals surface area contributed by atoms with Crippen LogP contribution >= 0.6 is 0 Å². The second-order valence-corrected chi connectivity index (χ2v) is 10.2.